The molecule has 1 aromatic carbocycles. The molecule has 2 fully saturated rings. The van der Waals surface area contributed by atoms with Crippen LogP contribution in [-0.2, 0) is 0 Å². The summed E-state index contributed by atoms with van der Waals surface area (Å²) >= 11 is 0. The summed E-state index contributed by atoms with van der Waals surface area (Å²) in [5.74, 6) is 0.818. The van der Waals surface area contributed by atoms with Crippen molar-refractivity contribution in [1.29, 1.82) is 0 Å². The van der Waals surface area contributed by atoms with E-state index in [1.165, 1.54) is 25.7 Å². The van der Waals surface area contributed by atoms with Crippen LogP contribution in [0.2, 0.25) is 0 Å². The lowest BCUT2D eigenvalue weighted by Crippen LogP contribution is -2.19. The van der Waals surface area contributed by atoms with E-state index in [2.05, 4.69) is 0 Å². The maximum atomic E-state index is 13.5. The van der Waals surface area contributed by atoms with Gasteiger partial charge in [0.1, 0.15) is 5.82 Å². The molecule has 0 aromatic heterocycles. The van der Waals surface area contributed by atoms with Gasteiger partial charge in [-0.05, 0) is 37.0 Å². The van der Waals surface area contributed by atoms with Crippen molar-refractivity contribution < 1.29 is 13.5 Å². The molecule has 0 heterocycles. The third-order valence-corrected chi connectivity index (χ3v) is 4.39. The summed E-state index contributed by atoms with van der Waals surface area (Å²) in [5, 5.41) is 0. The normalized spacial score (nSPS) is 29.8. The van der Waals surface area contributed by atoms with E-state index >= 15 is 0 Å². The zero-order chi connectivity index (χ0) is 12.7. The van der Waals surface area contributed by atoms with Crippen molar-refractivity contribution in [3.63, 3.8) is 0 Å². The predicted molar refractivity (Wildman–Crippen MR) is 65.2 cm³/mol. The second kappa shape index (κ2) is 4.41. The molecule has 0 spiro atoms. The van der Waals surface area contributed by atoms with Crippen LogP contribution in [0, 0.1) is 29.4 Å². The number of ether oxygens (including phenoxy) is 1. The van der Waals surface area contributed by atoms with Gasteiger partial charge in [-0.1, -0.05) is 6.42 Å². The van der Waals surface area contributed by atoms with E-state index in [0.29, 0.717) is 12.5 Å². The van der Waals surface area contributed by atoms with Gasteiger partial charge in [0.25, 0.3) is 0 Å². The van der Waals surface area contributed by atoms with E-state index in [1.807, 2.05) is 0 Å². The van der Waals surface area contributed by atoms with Crippen molar-refractivity contribution in [1.82, 2.24) is 0 Å². The zero-order valence-corrected chi connectivity index (χ0v) is 10.2. The molecule has 0 amide bonds. The van der Waals surface area contributed by atoms with Crippen LogP contribution in [0.4, 0.5) is 14.5 Å². The SMILES string of the molecule is Nc1cc(F)c(OCC2CC3CCC2C3)cc1F. The molecule has 0 saturated heterocycles. The second-order valence-electron chi connectivity index (χ2n) is 5.55. The van der Waals surface area contributed by atoms with E-state index in [0.717, 1.165) is 24.0 Å². The van der Waals surface area contributed by atoms with E-state index in [1.54, 1.807) is 0 Å². The molecular formula is C14H17F2NO. The average molecular weight is 253 g/mol. The van der Waals surface area contributed by atoms with Crippen molar-refractivity contribution >= 4 is 5.69 Å². The number of fused-ring (bicyclic) bond motifs is 2. The molecule has 3 rings (SSSR count). The molecule has 1 aromatic rings. The minimum atomic E-state index is -0.626. The maximum absolute atomic E-state index is 13.5. The number of nitrogen functional groups attached to an aromatic ring is 1. The summed E-state index contributed by atoms with van der Waals surface area (Å²) in [6.45, 7) is 0.488. The summed E-state index contributed by atoms with van der Waals surface area (Å²) in [4.78, 5) is 0. The summed E-state index contributed by atoms with van der Waals surface area (Å²) in [5.41, 5.74) is 5.11. The van der Waals surface area contributed by atoms with Gasteiger partial charge in [-0.3, -0.25) is 0 Å². The van der Waals surface area contributed by atoms with Gasteiger partial charge < -0.3 is 10.5 Å². The van der Waals surface area contributed by atoms with Crippen LogP contribution in [0.1, 0.15) is 25.7 Å². The maximum Gasteiger partial charge on any atom is 0.167 e. The summed E-state index contributed by atoms with van der Waals surface area (Å²) in [7, 11) is 0. The molecule has 2 aliphatic rings. The zero-order valence-electron chi connectivity index (χ0n) is 10.2. The monoisotopic (exact) mass is 253 g/mol. The molecule has 2 bridgehead atoms. The number of hydrogen-bond acceptors (Lipinski definition) is 2. The van der Waals surface area contributed by atoms with Crippen LogP contribution in [0.5, 0.6) is 5.75 Å². The highest BCUT2D eigenvalue weighted by atomic mass is 19.1. The highest BCUT2D eigenvalue weighted by molar-refractivity contribution is 5.44. The van der Waals surface area contributed by atoms with Crippen LogP contribution in [0.3, 0.4) is 0 Å². The van der Waals surface area contributed by atoms with Crippen LogP contribution < -0.4 is 10.5 Å². The highest BCUT2D eigenvalue weighted by Crippen LogP contribution is 2.48. The minimum Gasteiger partial charge on any atom is -0.490 e. The third kappa shape index (κ3) is 2.04. The summed E-state index contributed by atoms with van der Waals surface area (Å²) < 4.78 is 32.2. The smallest absolute Gasteiger partial charge is 0.167 e. The Morgan fingerprint density at radius 2 is 2.00 bits per heavy atom. The summed E-state index contributed by atoms with van der Waals surface area (Å²) in [6, 6.07) is 2.02. The molecular weight excluding hydrogens is 236 g/mol. The molecule has 0 radical (unpaired) electrons. The lowest BCUT2D eigenvalue weighted by atomic mass is 9.89. The van der Waals surface area contributed by atoms with Gasteiger partial charge in [0.15, 0.2) is 11.6 Å². The number of hydrogen-bond donors (Lipinski definition) is 1. The minimum absolute atomic E-state index is 0.0236. The van der Waals surface area contributed by atoms with Crippen molar-refractivity contribution in [3.8, 4) is 5.75 Å². The van der Waals surface area contributed by atoms with Gasteiger partial charge >= 0.3 is 0 Å². The van der Waals surface area contributed by atoms with Crippen LogP contribution in [-0.4, -0.2) is 6.61 Å². The van der Waals surface area contributed by atoms with Gasteiger partial charge in [-0.2, -0.15) is 0 Å². The van der Waals surface area contributed by atoms with E-state index in [4.69, 9.17) is 10.5 Å². The molecule has 2 N–H and O–H groups in total. The largest absolute Gasteiger partial charge is 0.490 e. The molecule has 3 unspecified atom stereocenters. The predicted octanol–water partition coefficient (Wildman–Crippen LogP) is 3.36. The van der Waals surface area contributed by atoms with Crippen molar-refractivity contribution in [2.45, 2.75) is 25.7 Å². The van der Waals surface area contributed by atoms with E-state index in [-0.39, 0.29) is 11.4 Å². The Morgan fingerprint density at radius 1 is 1.17 bits per heavy atom. The Labute approximate surface area is 105 Å². The average Bonchev–Trinajstić information content (AvgIpc) is 2.94. The first-order valence-electron chi connectivity index (χ1n) is 6.51. The first-order valence-corrected chi connectivity index (χ1v) is 6.51. The number of rotatable bonds is 3. The van der Waals surface area contributed by atoms with Crippen molar-refractivity contribution in [3.05, 3.63) is 23.8 Å². The topological polar surface area (TPSA) is 35.2 Å². The fourth-order valence-electron chi connectivity index (χ4n) is 3.43. The number of benzene rings is 1. The van der Waals surface area contributed by atoms with Gasteiger partial charge in [0, 0.05) is 12.1 Å². The van der Waals surface area contributed by atoms with Crippen LogP contribution in [0.15, 0.2) is 12.1 Å². The number of anilines is 1. The fourth-order valence-corrected chi connectivity index (χ4v) is 3.43. The first-order chi connectivity index (χ1) is 8.63. The fraction of sp³-hybridized carbons (Fsp3) is 0.571. The van der Waals surface area contributed by atoms with Gasteiger partial charge in [0.05, 0.1) is 12.3 Å². The molecule has 2 aliphatic carbocycles. The molecule has 3 atom stereocenters. The first kappa shape index (κ1) is 11.8. The molecule has 98 valence electrons. The van der Waals surface area contributed by atoms with Crippen LogP contribution >= 0.6 is 0 Å². The van der Waals surface area contributed by atoms with Gasteiger partial charge in [0.2, 0.25) is 0 Å². The van der Waals surface area contributed by atoms with Crippen molar-refractivity contribution in [2.24, 2.45) is 17.8 Å². The Hall–Kier alpha value is -1.32. The quantitative estimate of drug-likeness (QED) is 0.838. The second-order valence-corrected chi connectivity index (χ2v) is 5.55. The molecule has 18 heavy (non-hydrogen) atoms. The number of halogens is 2. The Morgan fingerprint density at radius 3 is 2.67 bits per heavy atom. The molecule has 4 heteroatoms. The van der Waals surface area contributed by atoms with Gasteiger partial charge in [-0.15, -0.1) is 0 Å². The van der Waals surface area contributed by atoms with Crippen molar-refractivity contribution in [2.75, 3.05) is 12.3 Å². The summed E-state index contributed by atoms with van der Waals surface area (Å²) in [6.07, 6.45) is 5.04. The number of nitrogens with two attached hydrogens (primary N) is 1. The van der Waals surface area contributed by atoms with Gasteiger partial charge in [-0.25, -0.2) is 8.78 Å². The third-order valence-electron chi connectivity index (χ3n) is 4.39. The molecule has 2 saturated carbocycles. The Kier molecular flexibility index (Phi) is 2.88. The van der Waals surface area contributed by atoms with Crippen LogP contribution in [0.25, 0.3) is 0 Å². The Bertz CT molecular complexity index is 463. The highest BCUT2D eigenvalue weighted by Gasteiger charge is 2.39. The lowest BCUT2D eigenvalue weighted by Gasteiger charge is -2.21. The van der Waals surface area contributed by atoms with E-state index < -0.39 is 11.6 Å². The lowest BCUT2D eigenvalue weighted by molar-refractivity contribution is 0.189. The molecule has 2 nitrogen and oxygen atoms in total. The van der Waals surface area contributed by atoms with E-state index in [9.17, 15) is 8.78 Å². The molecule has 0 aliphatic heterocycles. The Balaban J connectivity index is 1.65. The standard InChI is InChI=1S/C14H17F2NO/c15-11-6-14(12(16)5-13(11)17)18-7-10-4-8-1-2-9(10)3-8/h5-6,8-10H,1-4,7,17H2.